The van der Waals surface area contributed by atoms with E-state index in [1.807, 2.05) is 0 Å². The van der Waals surface area contributed by atoms with Crippen molar-refractivity contribution in [2.24, 2.45) is 5.73 Å². The number of hydrogen-bond acceptors (Lipinski definition) is 5. The van der Waals surface area contributed by atoms with Gasteiger partial charge in [0.25, 0.3) is 0 Å². The molecule has 0 saturated heterocycles. The van der Waals surface area contributed by atoms with Crippen LogP contribution in [0.25, 0.3) is 0 Å². The van der Waals surface area contributed by atoms with Crippen molar-refractivity contribution in [3.05, 3.63) is 39.7 Å². The summed E-state index contributed by atoms with van der Waals surface area (Å²) >= 11 is 0. The number of hydrogen-bond donors (Lipinski definition) is 1. The predicted octanol–water partition coefficient (Wildman–Crippen LogP) is 0.907. The van der Waals surface area contributed by atoms with Crippen molar-refractivity contribution in [2.75, 3.05) is 7.11 Å². The molecule has 0 fully saturated rings. The highest BCUT2D eigenvalue weighted by Crippen LogP contribution is 2.22. The summed E-state index contributed by atoms with van der Waals surface area (Å²) in [6.07, 6.45) is 0. The van der Waals surface area contributed by atoms with Gasteiger partial charge < -0.3 is 10.5 Å². The van der Waals surface area contributed by atoms with Gasteiger partial charge in [0.05, 0.1) is 12.0 Å². The Labute approximate surface area is 90.0 Å². The zero-order chi connectivity index (χ0) is 12.3. The SMILES string of the molecule is COC(=O)[C@@H](N)c1ccc(F)c([N+](=O)[O-])c1. The van der Waals surface area contributed by atoms with Crippen molar-refractivity contribution < 1.29 is 18.8 Å². The number of nitrogens with zero attached hydrogens (tertiary/aromatic N) is 1. The first kappa shape index (κ1) is 12.1. The second kappa shape index (κ2) is 4.67. The minimum absolute atomic E-state index is 0.125. The summed E-state index contributed by atoms with van der Waals surface area (Å²) in [4.78, 5) is 20.6. The minimum Gasteiger partial charge on any atom is -0.468 e. The van der Waals surface area contributed by atoms with Crippen molar-refractivity contribution in [1.82, 2.24) is 0 Å². The summed E-state index contributed by atoms with van der Waals surface area (Å²) in [5.74, 6) is -1.73. The van der Waals surface area contributed by atoms with Crippen LogP contribution in [0, 0.1) is 15.9 Å². The quantitative estimate of drug-likeness (QED) is 0.471. The van der Waals surface area contributed by atoms with E-state index < -0.39 is 28.4 Å². The number of ether oxygens (including phenoxy) is 1. The first-order valence-corrected chi connectivity index (χ1v) is 4.24. The molecule has 1 aromatic rings. The van der Waals surface area contributed by atoms with Gasteiger partial charge in [-0.2, -0.15) is 4.39 Å². The van der Waals surface area contributed by atoms with Crippen LogP contribution < -0.4 is 5.73 Å². The van der Waals surface area contributed by atoms with E-state index in [2.05, 4.69) is 4.74 Å². The van der Waals surface area contributed by atoms with Crippen molar-refractivity contribution in [1.29, 1.82) is 0 Å². The molecule has 1 atom stereocenters. The fourth-order valence-corrected chi connectivity index (χ4v) is 1.13. The molecule has 0 aliphatic heterocycles. The van der Waals surface area contributed by atoms with Gasteiger partial charge in [0, 0.05) is 6.07 Å². The molecule has 0 aromatic heterocycles. The van der Waals surface area contributed by atoms with E-state index in [1.54, 1.807) is 0 Å². The number of carbonyl (C=O) groups excluding carboxylic acids is 1. The maximum Gasteiger partial charge on any atom is 0.327 e. The predicted molar refractivity (Wildman–Crippen MR) is 52.0 cm³/mol. The molecule has 0 heterocycles. The molecule has 1 aromatic carbocycles. The summed E-state index contributed by atoms with van der Waals surface area (Å²) < 4.78 is 17.3. The van der Waals surface area contributed by atoms with Crippen LogP contribution >= 0.6 is 0 Å². The second-order valence-corrected chi connectivity index (χ2v) is 2.97. The van der Waals surface area contributed by atoms with Crippen LogP contribution in [0.15, 0.2) is 18.2 Å². The molecule has 0 spiro atoms. The van der Waals surface area contributed by atoms with Gasteiger partial charge in [-0.25, -0.2) is 0 Å². The Hall–Kier alpha value is -2.02. The first-order valence-electron chi connectivity index (χ1n) is 4.24. The Morgan fingerprint density at radius 1 is 1.62 bits per heavy atom. The van der Waals surface area contributed by atoms with E-state index in [4.69, 9.17) is 5.73 Å². The van der Waals surface area contributed by atoms with Crippen LogP contribution in [0.1, 0.15) is 11.6 Å². The van der Waals surface area contributed by atoms with E-state index in [0.717, 1.165) is 19.2 Å². The maximum atomic E-state index is 13.0. The van der Waals surface area contributed by atoms with E-state index in [9.17, 15) is 19.3 Å². The average molecular weight is 228 g/mol. The lowest BCUT2D eigenvalue weighted by Gasteiger charge is -2.09. The maximum absolute atomic E-state index is 13.0. The fraction of sp³-hybridized carbons (Fsp3) is 0.222. The van der Waals surface area contributed by atoms with Crippen LogP contribution in [0.3, 0.4) is 0 Å². The van der Waals surface area contributed by atoms with Crippen molar-refractivity contribution in [2.45, 2.75) is 6.04 Å². The molecule has 0 aliphatic carbocycles. The number of rotatable bonds is 3. The van der Waals surface area contributed by atoms with Gasteiger partial charge in [-0.15, -0.1) is 0 Å². The minimum atomic E-state index is -1.16. The number of esters is 1. The van der Waals surface area contributed by atoms with Gasteiger partial charge in [-0.05, 0) is 11.6 Å². The highest BCUT2D eigenvalue weighted by Gasteiger charge is 2.21. The summed E-state index contributed by atoms with van der Waals surface area (Å²) in [5, 5.41) is 10.4. The zero-order valence-electron chi connectivity index (χ0n) is 8.34. The molecule has 0 aliphatic rings. The van der Waals surface area contributed by atoms with Gasteiger partial charge in [0.1, 0.15) is 6.04 Å². The number of halogens is 1. The summed E-state index contributed by atoms with van der Waals surface area (Å²) in [6, 6.07) is 1.83. The third-order valence-corrected chi connectivity index (χ3v) is 1.98. The van der Waals surface area contributed by atoms with Crippen molar-refractivity contribution in [3.63, 3.8) is 0 Å². The van der Waals surface area contributed by atoms with Crippen molar-refractivity contribution in [3.8, 4) is 0 Å². The third kappa shape index (κ3) is 2.31. The van der Waals surface area contributed by atoms with E-state index in [1.165, 1.54) is 6.07 Å². The first-order chi connectivity index (χ1) is 7.47. The Kier molecular flexibility index (Phi) is 3.51. The number of nitro benzene ring substituents is 1. The fourth-order valence-electron chi connectivity index (χ4n) is 1.13. The normalized spacial score (nSPS) is 11.9. The smallest absolute Gasteiger partial charge is 0.327 e. The Balaban J connectivity index is 3.12. The molecule has 6 nitrogen and oxygen atoms in total. The number of methoxy groups -OCH3 is 1. The van der Waals surface area contributed by atoms with Gasteiger partial charge >= 0.3 is 11.7 Å². The Morgan fingerprint density at radius 3 is 2.75 bits per heavy atom. The van der Waals surface area contributed by atoms with Gasteiger partial charge in [0.2, 0.25) is 5.82 Å². The average Bonchev–Trinajstić information content (AvgIpc) is 2.27. The van der Waals surface area contributed by atoms with Crippen molar-refractivity contribution >= 4 is 11.7 Å². The molecular weight excluding hydrogens is 219 g/mol. The summed E-state index contributed by atoms with van der Waals surface area (Å²) in [7, 11) is 1.14. The van der Waals surface area contributed by atoms with Crippen LogP contribution in [0.5, 0.6) is 0 Å². The second-order valence-electron chi connectivity index (χ2n) is 2.97. The molecule has 1 rings (SSSR count). The standard InChI is InChI=1S/C9H9FN2O4/c1-16-9(13)8(11)5-2-3-6(10)7(4-5)12(14)15/h2-4,8H,11H2,1H3/t8-/m0/s1. The Morgan fingerprint density at radius 2 is 2.25 bits per heavy atom. The van der Waals surface area contributed by atoms with Crippen LogP contribution in [-0.2, 0) is 9.53 Å². The van der Waals surface area contributed by atoms with Gasteiger partial charge in [-0.3, -0.25) is 14.9 Å². The highest BCUT2D eigenvalue weighted by molar-refractivity contribution is 5.77. The molecule has 86 valence electrons. The lowest BCUT2D eigenvalue weighted by Crippen LogP contribution is -2.22. The molecule has 0 bridgehead atoms. The Bertz CT molecular complexity index is 436. The molecule has 2 N–H and O–H groups in total. The topological polar surface area (TPSA) is 95.5 Å². The lowest BCUT2D eigenvalue weighted by atomic mass is 10.1. The molecule has 16 heavy (non-hydrogen) atoms. The molecule has 0 unspecified atom stereocenters. The highest BCUT2D eigenvalue weighted by atomic mass is 19.1. The molecule has 0 amide bonds. The van der Waals surface area contributed by atoms with Crippen LogP contribution in [0.2, 0.25) is 0 Å². The molecule has 0 radical (unpaired) electrons. The van der Waals surface area contributed by atoms with E-state index in [-0.39, 0.29) is 5.56 Å². The van der Waals surface area contributed by atoms with Gasteiger partial charge in [0.15, 0.2) is 0 Å². The number of nitrogens with two attached hydrogens (primary N) is 1. The molecule has 0 saturated carbocycles. The zero-order valence-corrected chi connectivity index (χ0v) is 8.34. The van der Waals surface area contributed by atoms with Gasteiger partial charge in [-0.1, -0.05) is 6.07 Å². The van der Waals surface area contributed by atoms with Crippen LogP contribution in [0.4, 0.5) is 10.1 Å². The number of nitro groups is 1. The summed E-state index contributed by atoms with van der Waals surface area (Å²) in [5.41, 5.74) is 4.85. The third-order valence-electron chi connectivity index (χ3n) is 1.98. The van der Waals surface area contributed by atoms with Crippen LogP contribution in [-0.4, -0.2) is 18.0 Å². The largest absolute Gasteiger partial charge is 0.468 e. The van der Waals surface area contributed by atoms with E-state index >= 15 is 0 Å². The molecular formula is C9H9FN2O4. The summed E-state index contributed by atoms with van der Waals surface area (Å²) in [6.45, 7) is 0. The lowest BCUT2D eigenvalue weighted by molar-refractivity contribution is -0.387. The monoisotopic (exact) mass is 228 g/mol. The van der Waals surface area contributed by atoms with E-state index in [0.29, 0.717) is 0 Å². The number of benzene rings is 1. The molecule has 7 heteroatoms. The number of carbonyl (C=O) groups is 1.